The first kappa shape index (κ1) is 14.3. The van der Waals surface area contributed by atoms with Crippen LogP contribution in [0.4, 0.5) is 17.6 Å². The number of alkyl halides is 3. The predicted molar refractivity (Wildman–Crippen MR) is 62.2 cm³/mol. The SMILES string of the molecule is OC1(Cc2ccc(F)c(C(F)(F)F)c2)CCNCC1. The average Bonchev–Trinajstić information content (AvgIpc) is 2.31. The van der Waals surface area contributed by atoms with E-state index in [1.807, 2.05) is 0 Å². The minimum absolute atomic E-state index is 0.109. The Kier molecular flexibility index (Phi) is 3.82. The van der Waals surface area contributed by atoms with Crippen molar-refractivity contribution in [3.63, 3.8) is 0 Å². The third-order valence-corrected chi connectivity index (χ3v) is 3.40. The molecule has 0 saturated carbocycles. The first-order chi connectivity index (χ1) is 8.80. The van der Waals surface area contributed by atoms with Crippen LogP contribution in [0.15, 0.2) is 18.2 Å². The zero-order valence-corrected chi connectivity index (χ0v) is 10.2. The fourth-order valence-corrected chi connectivity index (χ4v) is 2.35. The summed E-state index contributed by atoms with van der Waals surface area (Å²) in [6.45, 7) is 1.26. The van der Waals surface area contributed by atoms with Gasteiger partial charge < -0.3 is 10.4 Å². The molecular formula is C13H15F4NO. The van der Waals surface area contributed by atoms with Crippen LogP contribution >= 0.6 is 0 Å². The van der Waals surface area contributed by atoms with Crippen LogP contribution in [0.2, 0.25) is 0 Å². The molecule has 0 aromatic heterocycles. The Morgan fingerprint density at radius 3 is 2.42 bits per heavy atom. The van der Waals surface area contributed by atoms with E-state index in [4.69, 9.17) is 0 Å². The van der Waals surface area contributed by atoms with Crippen molar-refractivity contribution in [1.82, 2.24) is 5.32 Å². The highest BCUT2D eigenvalue weighted by Gasteiger charge is 2.35. The minimum Gasteiger partial charge on any atom is -0.389 e. The van der Waals surface area contributed by atoms with Gasteiger partial charge in [0.25, 0.3) is 0 Å². The zero-order chi connectivity index (χ0) is 14.1. The Labute approximate surface area is 108 Å². The van der Waals surface area contributed by atoms with Gasteiger partial charge in [0, 0.05) is 6.42 Å². The molecule has 106 valence electrons. The van der Waals surface area contributed by atoms with Gasteiger partial charge in [0.2, 0.25) is 0 Å². The topological polar surface area (TPSA) is 32.3 Å². The lowest BCUT2D eigenvalue weighted by Gasteiger charge is -2.32. The molecule has 0 unspecified atom stereocenters. The number of hydrogen-bond donors (Lipinski definition) is 2. The summed E-state index contributed by atoms with van der Waals surface area (Å²) >= 11 is 0. The Morgan fingerprint density at radius 2 is 1.84 bits per heavy atom. The van der Waals surface area contributed by atoms with Crippen LogP contribution in [0.25, 0.3) is 0 Å². The van der Waals surface area contributed by atoms with E-state index in [-0.39, 0.29) is 6.42 Å². The first-order valence-electron chi connectivity index (χ1n) is 6.09. The molecule has 2 N–H and O–H groups in total. The van der Waals surface area contributed by atoms with Crippen LogP contribution in [0.5, 0.6) is 0 Å². The lowest BCUT2D eigenvalue weighted by molar-refractivity contribution is -0.140. The summed E-state index contributed by atoms with van der Waals surface area (Å²) in [5.41, 5.74) is -1.98. The van der Waals surface area contributed by atoms with E-state index in [9.17, 15) is 22.7 Å². The van der Waals surface area contributed by atoms with Crippen molar-refractivity contribution in [2.24, 2.45) is 0 Å². The Bertz CT molecular complexity index is 452. The molecule has 0 spiro atoms. The van der Waals surface area contributed by atoms with Gasteiger partial charge in [-0.05, 0) is 43.6 Å². The van der Waals surface area contributed by atoms with Crippen molar-refractivity contribution in [2.45, 2.75) is 31.0 Å². The first-order valence-corrected chi connectivity index (χ1v) is 6.09. The maximum absolute atomic E-state index is 13.1. The molecule has 0 radical (unpaired) electrons. The van der Waals surface area contributed by atoms with Gasteiger partial charge in [0.1, 0.15) is 5.82 Å². The summed E-state index contributed by atoms with van der Waals surface area (Å²) in [6, 6.07) is 2.89. The number of hydrogen-bond acceptors (Lipinski definition) is 2. The summed E-state index contributed by atoms with van der Waals surface area (Å²) in [5, 5.41) is 13.3. The molecule has 19 heavy (non-hydrogen) atoms. The molecule has 0 aliphatic carbocycles. The van der Waals surface area contributed by atoms with Crippen molar-refractivity contribution in [1.29, 1.82) is 0 Å². The fraction of sp³-hybridized carbons (Fsp3) is 0.538. The number of rotatable bonds is 2. The highest BCUT2D eigenvalue weighted by molar-refractivity contribution is 5.28. The molecule has 2 nitrogen and oxygen atoms in total. The van der Waals surface area contributed by atoms with E-state index in [1.165, 1.54) is 6.07 Å². The quantitative estimate of drug-likeness (QED) is 0.814. The van der Waals surface area contributed by atoms with Crippen LogP contribution in [0.1, 0.15) is 24.0 Å². The van der Waals surface area contributed by atoms with Crippen molar-refractivity contribution in [3.05, 3.63) is 35.1 Å². The van der Waals surface area contributed by atoms with E-state index in [2.05, 4.69) is 5.32 Å². The predicted octanol–water partition coefficient (Wildman–Crippen LogP) is 2.50. The standard InChI is InChI=1S/C13H15F4NO/c14-11-2-1-9(7-10(11)13(15,16)17)8-12(19)3-5-18-6-4-12/h1-2,7,18-19H,3-6,8H2. The van der Waals surface area contributed by atoms with E-state index >= 15 is 0 Å². The largest absolute Gasteiger partial charge is 0.419 e. The normalized spacial score (nSPS) is 19.4. The van der Waals surface area contributed by atoms with Crippen LogP contribution in [-0.2, 0) is 12.6 Å². The Hall–Kier alpha value is -1.14. The molecule has 2 rings (SSSR count). The minimum atomic E-state index is -4.71. The van der Waals surface area contributed by atoms with Gasteiger partial charge in [-0.3, -0.25) is 0 Å². The van der Waals surface area contributed by atoms with Crippen LogP contribution in [0.3, 0.4) is 0 Å². The number of aliphatic hydroxyl groups is 1. The molecule has 1 heterocycles. The molecule has 1 aromatic carbocycles. The number of piperidine rings is 1. The third kappa shape index (κ3) is 3.45. The molecule has 0 amide bonds. The summed E-state index contributed by atoms with van der Waals surface area (Å²) < 4.78 is 50.9. The molecule has 0 atom stereocenters. The number of nitrogens with one attached hydrogen (secondary N) is 1. The van der Waals surface area contributed by atoms with Gasteiger partial charge in [-0.25, -0.2) is 4.39 Å². The molecule has 1 saturated heterocycles. The van der Waals surface area contributed by atoms with E-state index in [0.29, 0.717) is 31.5 Å². The van der Waals surface area contributed by atoms with Gasteiger partial charge in [-0.1, -0.05) is 6.07 Å². The van der Waals surface area contributed by atoms with E-state index in [1.54, 1.807) is 0 Å². The number of halogens is 4. The van der Waals surface area contributed by atoms with E-state index in [0.717, 1.165) is 12.1 Å². The number of benzene rings is 1. The van der Waals surface area contributed by atoms with Crippen LogP contribution in [0, 0.1) is 5.82 Å². The summed E-state index contributed by atoms with van der Waals surface area (Å²) in [6.07, 6.45) is -3.65. The van der Waals surface area contributed by atoms with Crippen molar-refractivity contribution < 1.29 is 22.7 Å². The third-order valence-electron chi connectivity index (χ3n) is 3.40. The maximum atomic E-state index is 13.1. The lowest BCUT2D eigenvalue weighted by atomic mass is 9.85. The van der Waals surface area contributed by atoms with Crippen molar-refractivity contribution in [3.8, 4) is 0 Å². The fourth-order valence-electron chi connectivity index (χ4n) is 2.35. The van der Waals surface area contributed by atoms with Crippen LogP contribution in [-0.4, -0.2) is 23.8 Å². The smallest absolute Gasteiger partial charge is 0.389 e. The van der Waals surface area contributed by atoms with Gasteiger partial charge in [0.05, 0.1) is 11.2 Å². The van der Waals surface area contributed by atoms with Gasteiger partial charge >= 0.3 is 6.18 Å². The Morgan fingerprint density at radius 1 is 1.21 bits per heavy atom. The van der Waals surface area contributed by atoms with E-state index < -0.39 is 23.2 Å². The highest BCUT2D eigenvalue weighted by atomic mass is 19.4. The molecule has 1 aliphatic rings. The molecule has 1 aromatic rings. The maximum Gasteiger partial charge on any atom is 0.419 e. The molecule has 1 fully saturated rings. The monoisotopic (exact) mass is 277 g/mol. The molecular weight excluding hydrogens is 262 g/mol. The lowest BCUT2D eigenvalue weighted by Crippen LogP contribution is -2.43. The second-order valence-electron chi connectivity index (χ2n) is 4.96. The molecule has 1 aliphatic heterocycles. The summed E-state index contributed by atoms with van der Waals surface area (Å²) in [7, 11) is 0. The second kappa shape index (κ2) is 5.09. The van der Waals surface area contributed by atoms with Gasteiger partial charge in [0.15, 0.2) is 0 Å². The van der Waals surface area contributed by atoms with Gasteiger partial charge in [-0.2, -0.15) is 13.2 Å². The van der Waals surface area contributed by atoms with Crippen molar-refractivity contribution in [2.75, 3.05) is 13.1 Å². The molecule has 6 heteroatoms. The van der Waals surface area contributed by atoms with Crippen molar-refractivity contribution >= 4 is 0 Å². The summed E-state index contributed by atoms with van der Waals surface area (Å²) in [5.74, 6) is -1.28. The van der Waals surface area contributed by atoms with Gasteiger partial charge in [-0.15, -0.1) is 0 Å². The van der Waals surface area contributed by atoms with Crippen LogP contribution < -0.4 is 5.32 Å². The molecule has 0 bridgehead atoms. The zero-order valence-electron chi connectivity index (χ0n) is 10.2. The summed E-state index contributed by atoms with van der Waals surface area (Å²) in [4.78, 5) is 0. The Balaban J connectivity index is 2.21. The second-order valence-corrected chi connectivity index (χ2v) is 4.96. The average molecular weight is 277 g/mol. The highest BCUT2D eigenvalue weighted by Crippen LogP contribution is 2.33.